The molecular weight excluding hydrogens is 224 g/mol. The van der Waals surface area contributed by atoms with Crippen molar-refractivity contribution >= 4 is 0 Å². The van der Waals surface area contributed by atoms with Crippen LogP contribution in [0, 0.1) is 18.3 Å². The summed E-state index contributed by atoms with van der Waals surface area (Å²) in [5.41, 5.74) is 2.03. The molecule has 1 aliphatic heterocycles. The Morgan fingerprint density at radius 2 is 2.22 bits per heavy atom. The molecule has 0 aromatic carbocycles. The van der Waals surface area contributed by atoms with Crippen molar-refractivity contribution in [2.75, 3.05) is 26.7 Å². The van der Waals surface area contributed by atoms with Crippen molar-refractivity contribution in [3.8, 4) is 0 Å². The molecular formula is C15H24N2O. The lowest BCUT2D eigenvalue weighted by Crippen LogP contribution is -2.31. The molecule has 18 heavy (non-hydrogen) atoms. The Bertz CT molecular complexity index is 406. The van der Waals surface area contributed by atoms with Gasteiger partial charge in [0.2, 0.25) is 0 Å². The van der Waals surface area contributed by atoms with Crippen molar-refractivity contribution in [2.45, 2.75) is 32.7 Å². The lowest BCUT2D eigenvalue weighted by atomic mass is 9.92. The third-order valence-electron chi connectivity index (χ3n) is 4.90. The Hall–Kier alpha value is -0.800. The summed E-state index contributed by atoms with van der Waals surface area (Å²) in [6.45, 7) is 6.76. The third kappa shape index (κ3) is 2.34. The summed E-state index contributed by atoms with van der Waals surface area (Å²) in [5, 5.41) is 3.47. The molecule has 2 heterocycles. The molecule has 0 bridgehead atoms. The van der Waals surface area contributed by atoms with Crippen molar-refractivity contribution in [1.82, 2.24) is 10.2 Å². The van der Waals surface area contributed by atoms with Gasteiger partial charge < -0.3 is 14.6 Å². The Morgan fingerprint density at radius 1 is 1.44 bits per heavy atom. The third-order valence-corrected chi connectivity index (χ3v) is 4.90. The molecule has 1 saturated carbocycles. The molecule has 2 aliphatic rings. The fourth-order valence-electron chi connectivity index (χ4n) is 3.53. The average Bonchev–Trinajstić information content (AvgIpc) is 2.81. The zero-order valence-corrected chi connectivity index (χ0v) is 11.5. The molecule has 1 spiro atoms. The Kier molecular flexibility index (Phi) is 3.20. The highest BCUT2D eigenvalue weighted by Crippen LogP contribution is 2.58. The van der Waals surface area contributed by atoms with Crippen LogP contribution in [-0.2, 0) is 6.54 Å². The van der Waals surface area contributed by atoms with Gasteiger partial charge in [-0.15, -0.1) is 0 Å². The van der Waals surface area contributed by atoms with Gasteiger partial charge in [0.1, 0.15) is 5.76 Å². The fourth-order valence-corrected chi connectivity index (χ4v) is 3.53. The minimum atomic E-state index is 0.699. The normalized spacial score (nSPS) is 25.8. The summed E-state index contributed by atoms with van der Waals surface area (Å²) in [5.74, 6) is 1.99. The molecule has 1 unspecified atom stereocenters. The fraction of sp³-hybridized carbons (Fsp3) is 0.733. The van der Waals surface area contributed by atoms with Crippen LogP contribution in [0.3, 0.4) is 0 Å². The Morgan fingerprint density at radius 3 is 2.89 bits per heavy atom. The number of nitrogens with one attached hydrogen (secondary N) is 1. The second kappa shape index (κ2) is 4.71. The van der Waals surface area contributed by atoms with Gasteiger partial charge in [0, 0.05) is 18.7 Å². The highest BCUT2D eigenvalue weighted by Gasteiger charge is 2.53. The Balaban J connectivity index is 1.50. The van der Waals surface area contributed by atoms with Crippen LogP contribution in [0.1, 0.15) is 30.6 Å². The second-order valence-corrected chi connectivity index (χ2v) is 6.21. The van der Waals surface area contributed by atoms with E-state index < -0.39 is 0 Å². The molecule has 1 aromatic rings. The topological polar surface area (TPSA) is 28.4 Å². The van der Waals surface area contributed by atoms with Gasteiger partial charge in [-0.1, -0.05) is 0 Å². The van der Waals surface area contributed by atoms with Gasteiger partial charge in [-0.25, -0.2) is 0 Å². The number of furan rings is 1. The lowest BCUT2D eigenvalue weighted by Gasteiger charge is -2.25. The SMILES string of the molecule is Cc1occc1CN(C)CC1CC12CCNCC2. The van der Waals surface area contributed by atoms with Gasteiger partial charge in [-0.05, 0) is 63.7 Å². The van der Waals surface area contributed by atoms with E-state index in [2.05, 4.69) is 30.3 Å². The summed E-state index contributed by atoms with van der Waals surface area (Å²) in [4.78, 5) is 2.46. The maximum Gasteiger partial charge on any atom is 0.105 e. The molecule has 1 saturated heterocycles. The van der Waals surface area contributed by atoms with Crippen LogP contribution in [0.25, 0.3) is 0 Å². The molecule has 1 atom stereocenters. The highest BCUT2D eigenvalue weighted by molar-refractivity contribution is 5.15. The van der Waals surface area contributed by atoms with Crippen LogP contribution in [0.5, 0.6) is 0 Å². The minimum Gasteiger partial charge on any atom is -0.469 e. The largest absolute Gasteiger partial charge is 0.469 e. The quantitative estimate of drug-likeness (QED) is 0.887. The Labute approximate surface area is 110 Å². The van der Waals surface area contributed by atoms with E-state index in [1.165, 1.54) is 44.5 Å². The lowest BCUT2D eigenvalue weighted by molar-refractivity contribution is 0.256. The van der Waals surface area contributed by atoms with E-state index in [9.17, 15) is 0 Å². The standard InChI is InChI=1S/C15H24N2O/c1-12-13(3-8-18-12)10-17(2)11-14-9-15(14)4-6-16-7-5-15/h3,8,14,16H,4-7,9-11H2,1-2H3. The first kappa shape index (κ1) is 12.2. The van der Waals surface area contributed by atoms with Gasteiger partial charge in [0.05, 0.1) is 6.26 Å². The average molecular weight is 248 g/mol. The van der Waals surface area contributed by atoms with Crippen LogP contribution in [0.2, 0.25) is 0 Å². The van der Waals surface area contributed by atoms with Crippen molar-refractivity contribution in [3.63, 3.8) is 0 Å². The van der Waals surface area contributed by atoms with Gasteiger partial charge in [-0.3, -0.25) is 0 Å². The monoisotopic (exact) mass is 248 g/mol. The number of hydrogen-bond donors (Lipinski definition) is 1. The van der Waals surface area contributed by atoms with E-state index in [-0.39, 0.29) is 0 Å². The maximum atomic E-state index is 5.36. The van der Waals surface area contributed by atoms with E-state index >= 15 is 0 Å². The van der Waals surface area contributed by atoms with E-state index in [1.54, 1.807) is 6.26 Å². The van der Waals surface area contributed by atoms with Crippen LogP contribution in [0.15, 0.2) is 16.7 Å². The molecule has 100 valence electrons. The summed E-state index contributed by atoms with van der Waals surface area (Å²) < 4.78 is 5.36. The van der Waals surface area contributed by atoms with E-state index in [4.69, 9.17) is 4.42 Å². The number of nitrogens with zero attached hydrogens (tertiary/aromatic N) is 1. The summed E-state index contributed by atoms with van der Waals surface area (Å²) in [6.07, 6.45) is 6.01. The summed E-state index contributed by atoms with van der Waals surface area (Å²) in [7, 11) is 2.24. The van der Waals surface area contributed by atoms with Gasteiger partial charge >= 0.3 is 0 Å². The molecule has 1 aliphatic carbocycles. The zero-order valence-electron chi connectivity index (χ0n) is 11.5. The van der Waals surface area contributed by atoms with Crippen LogP contribution >= 0.6 is 0 Å². The van der Waals surface area contributed by atoms with Crippen LogP contribution in [0.4, 0.5) is 0 Å². The summed E-state index contributed by atoms with van der Waals surface area (Å²) in [6, 6.07) is 2.10. The van der Waals surface area contributed by atoms with E-state index in [0.29, 0.717) is 5.41 Å². The molecule has 1 aromatic heterocycles. The van der Waals surface area contributed by atoms with Crippen LogP contribution in [-0.4, -0.2) is 31.6 Å². The molecule has 3 rings (SSSR count). The van der Waals surface area contributed by atoms with E-state index in [0.717, 1.165) is 18.2 Å². The zero-order chi connectivity index (χ0) is 12.6. The predicted molar refractivity (Wildman–Crippen MR) is 72.4 cm³/mol. The first-order valence-electron chi connectivity index (χ1n) is 7.12. The second-order valence-electron chi connectivity index (χ2n) is 6.21. The number of hydrogen-bond acceptors (Lipinski definition) is 3. The highest BCUT2D eigenvalue weighted by atomic mass is 16.3. The van der Waals surface area contributed by atoms with Crippen LogP contribution < -0.4 is 5.32 Å². The summed E-state index contributed by atoms with van der Waals surface area (Å²) >= 11 is 0. The van der Waals surface area contributed by atoms with Crippen molar-refractivity contribution in [3.05, 3.63) is 23.7 Å². The molecule has 0 amide bonds. The molecule has 1 N–H and O–H groups in total. The maximum absolute atomic E-state index is 5.36. The van der Waals surface area contributed by atoms with Gasteiger partial charge in [-0.2, -0.15) is 0 Å². The first-order chi connectivity index (χ1) is 8.70. The van der Waals surface area contributed by atoms with Crippen molar-refractivity contribution < 1.29 is 4.42 Å². The van der Waals surface area contributed by atoms with E-state index in [1.807, 2.05) is 0 Å². The molecule has 0 radical (unpaired) electrons. The molecule has 2 fully saturated rings. The molecule has 3 nitrogen and oxygen atoms in total. The number of rotatable bonds is 4. The predicted octanol–water partition coefficient (Wildman–Crippen LogP) is 2.41. The number of piperidine rings is 1. The van der Waals surface area contributed by atoms with Gasteiger partial charge in [0.15, 0.2) is 0 Å². The van der Waals surface area contributed by atoms with Gasteiger partial charge in [0.25, 0.3) is 0 Å². The smallest absolute Gasteiger partial charge is 0.105 e. The molecule has 3 heteroatoms. The van der Waals surface area contributed by atoms with Crippen molar-refractivity contribution in [2.24, 2.45) is 11.3 Å². The first-order valence-corrected chi connectivity index (χ1v) is 7.12. The number of aryl methyl sites for hydroxylation is 1. The minimum absolute atomic E-state index is 0.699. The van der Waals surface area contributed by atoms with Crippen molar-refractivity contribution in [1.29, 1.82) is 0 Å².